The normalized spacial score (nSPS) is 18.3. The molecule has 0 spiro atoms. The zero-order valence-corrected chi connectivity index (χ0v) is 15.3. The fourth-order valence-corrected chi connectivity index (χ4v) is 3.23. The van der Waals surface area contributed by atoms with Crippen LogP contribution in [0.1, 0.15) is 31.2 Å². The highest BCUT2D eigenvalue weighted by Gasteiger charge is 2.21. The minimum atomic E-state index is 0.0834. The third-order valence-corrected chi connectivity index (χ3v) is 4.77. The molecule has 0 unspecified atom stereocenters. The van der Waals surface area contributed by atoms with E-state index in [9.17, 15) is 4.79 Å². The van der Waals surface area contributed by atoms with E-state index in [1.807, 2.05) is 17.0 Å². The number of hydrogen-bond donors (Lipinski definition) is 1. The van der Waals surface area contributed by atoms with E-state index >= 15 is 0 Å². The Morgan fingerprint density at radius 2 is 2.17 bits per heavy atom. The molecule has 1 aromatic rings. The molecule has 2 rings (SSSR count). The SMILES string of the molecule is COc1cccc(CCCNC(=O)N2CCC[C@H](N(C)C)CC2)c1. The van der Waals surface area contributed by atoms with E-state index < -0.39 is 0 Å². The second-order valence-electron chi connectivity index (χ2n) is 6.72. The molecule has 1 saturated heterocycles. The minimum absolute atomic E-state index is 0.0834. The van der Waals surface area contributed by atoms with Gasteiger partial charge >= 0.3 is 6.03 Å². The highest BCUT2D eigenvalue weighted by atomic mass is 16.5. The van der Waals surface area contributed by atoms with Crippen LogP contribution < -0.4 is 10.1 Å². The molecule has 1 N–H and O–H groups in total. The van der Waals surface area contributed by atoms with Gasteiger partial charge in [-0.15, -0.1) is 0 Å². The monoisotopic (exact) mass is 333 g/mol. The lowest BCUT2D eigenvalue weighted by Crippen LogP contribution is -2.41. The van der Waals surface area contributed by atoms with E-state index in [1.165, 1.54) is 12.0 Å². The number of urea groups is 1. The third-order valence-electron chi connectivity index (χ3n) is 4.77. The summed E-state index contributed by atoms with van der Waals surface area (Å²) in [6.07, 6.45) is 5.20. The Morgan fingerprint density at radius 3 is 2.92 bits per heavy atom. The zero-order chi connectivity index (χ0) is 17.4. The van der Waals surface area contributed by atoms with Gasteiger partial charge in [-0.3, -0.25) is 0 Å². The number of carbonyl (C=O) groups excluding carboxylic acids is 1. The maximum Gasteiger partial charge on any atom is 0.317 e. The summed E-state index contributed by atoms with van der Waals surface area (Å²) in [5.41, 5.74) is 1.24. The fraction of sp³-hybridized carbons (Fsp3) is 0.632. The molecule has 1 aliphatic heterocycles. The molecule has 1 heterocycles. The van der Waals surface area contributed by atoms with Crippen LogP contribution in [-0.2, 0) is 6.42 Å². The first-order valence-corrected chi connectivity index (χ1v) is 8.92. The number of ether oxygens (including phenoxy) is 1. The Labute approximate surface area is 146 Å². The summed E-state index contributed by atoms with van der Waals surface area (Å²) in [6, 6.07) is 8.78. The van der Waals surface area contributed by atoms with Crippen molar-refractivity contribution in [2.45, 2.75) is 38.1 Å². The van der Waals surface area contributed by atoms with Crippen LogP contribution in [-0.4, -0.2) is 62.7 Å². The van der Waals surface area contributed by atoms with Crippen LogP contribution in [0.3, 0.4) is 0 Å². The Bertz CT molecular complexity index is 519. The number of nitrogens with one attached hydrogen (secondary N) is 1. The van der Waals surface area contributed by atoms with Crippen LogP contribution in [0.4, 0.5) is 4.79 Å². The van der Waals surface area contributed by atoms with Crippen LogP contribution in [0.2, 0.25) is 0 Å². The first-order chi connectivity index (χ1) is 11.6. The maximum atomic E-state index is 12.3. The summed E-state index contributed by atoms with van der Waals surface area (Å²) in [6.45, 7) is 2.43. The first kappa shape index (κ1) is 18.6. The topological polar surface area (TPSA) is 44.8 Å². The van der Waals surface area contributed by atoms with Gasteiger partial charge in [0.2, 0.25) is 0 Å². The molecule has 1 aromatic carbocycles. The summed E-state index contributed by atoms with van der Waals surface area (Å²) in [5.74, 6) is 0.886. The molecule has 24 heavy (non-hydrogen) atoms. The van der Waals surface area contributed by atoms with E-state index in [2.05, 4.69) is 36.4 Å². The third kappa shape index (κ3) is 5.71. The standard InChI is InChI=1S/C19H31N3O2/c1-21(2)17-9-6-13-22(14-11-17)19(23)20-12-5-8-16-7-4-10-18(15-16)24-3/h4,7,10,15,17H,5-6,8-9,11-14H2,1-3H3,(H,20,23)/t17-/m0/s1. The zero-order valence-electron chi connectivity index (χ0n) is 15.3. The molecule has 0 saturated carbocycles. The van der Waals surface area contributed by atoms with Gasteiger partial charge in [0.1, 0.15) is 5.75 Å². The minimum Gasteiger partial charge on any atom is -0.497 e. The van der Waals surface area contributed by atoms with Crippen molar-refractivity contribution in [3.63, 3.8) is 0 Å². The summed E-state index contributed by atoms with van der Waals surface area (Å²) < 4.78 is 5.24. The lowest BCUT2D eigenvalue weighted by Gasteiger charge is -2.23. The van der Waals surface area contributed by atoms with Gasteiger partial charge in [-0.05, 0) is 63.9 Å². The maximum absolute atomic E-state index is 12.3. The second kappa shape index (κ2) is 9.52. The van der Waals surface area contributed by atoms with Crippen molar-refractivity contribution < 1.29 is 9.53 Å². The van der Waals surface area contributed by atoms with Crippen LogP contribution in [0.25, 0.3) is 0 Å². The van der Waals surface area contributed by atoms with Crippen LogP contribution in [0, 0.1) is 0 Å². The number of carbonyl (C=O) groups is 1. The molecule has 0 radical (unpaired) electrons. The molecular formula is C19H31N3O2. The average Bonchev–Trinajstić information content (AvgIpc) is 2.85. The van der Waals surface area contributed by atoms with E-state index in [4.69, 9.17) is 4.74 Å². The second-order valence-corrected chi connectivity index (χ2v) is 6.72. The van der Waals surface area contributed by atoms with Gasteiger partial charge in [-0.2, -0.15) is 0 Å². The van der Waals surface area contributed by atoms with Crippen molar-refractivity contribution in [1.82, 2.24) is 15.1 Å². The number of likely N-dealkylation sites (tertiary alicyclic amines) is 1. The van der Waals surface area contributed by atoms with Crippen molar-refractivity contribution in [2.75, 3.05) is 40.8 Å². The van der Waals surface area contributed by atoms with Gasteiger partial charge in [-0.1, -0.05) is 12.1 Å². The van der Waals surface area contributed by atoms with Gasteiger partial charge in [0.05, 0.1) is 7.11 Å². The summed E-state index contributed by atoms with van der Waals surface area (Å²) in [5, 5.41) is 3.07. The molecule has 2 amide bonds. The molecule has 0 aliphatic carbocycles. The molecule has 134 valence electrons. The number of aryl methyl sites for hydroxylation is 1. The Balaban J connectivity index is 1.69. The molecule has 1 atom stereocenters. The quantitative estimate of drug-likeness (QED) is 0.814. The number of hydrogen-bond acceptors (Lipinski definition) is 3. The number of nitrogens with zero attached hydrogens (tertiary/aromatic N) is 2. The Hall–Kier alpha value is -1.75. The smallest absolute Gasteiger partial charge is 0.317 e. The summed E-state index contributed by atoms with van der Waals surface area (Å²) in [4.78, 5) is 16.6. The van der Waals surface area contributed by atoms with Crippen molar-refractivity contribution in [1.29, 1.82) is 0 Å². The molecule has 0 aromatic heterocycles. The van der Waals surface area contributed by atoms with Crippen molar-refractivity contribution in [3.8, 4) is 5.75 Å². The predicted molar refractivity (Wildman–Crippen MR) is 97.6 cm³/mol. The molecule has 1 aliphatic rings. The number of rotatable bonds is 6. The molecule has 1 fully saturated rings. The van der Waals surface area contributed by atoms with Gasteiger partial charge in [0, 0.05) is 25.7 Å². The van der Waals surface area contributed by atoms with Gasteiger partial charge in [0.25, 0.3) is 0 Å². The van der Waals surface area contributed by atoms with E-state index in [0.29, 0.717) is 12.6 Å². The van der Waals surface area contributed by atoms with Gasteiger partial charge in [0.15, 0.2) is 0 Å². The van der Waals surface area contributed by atoms with Crippen LogP contribution in [0.5, 0.6) is 5.75 Å². The highest BCUT2D eigenvalue weighted by molar-refractivity contribution is 5.74. The van der Waals surface area contributed by atoms with E-state index in [0.717, 1.165) is 44.5 Å². The molecule has 5 heteroatoms. The Morgan fingerprint density at radius 1 is 1.33 bits per heavy atom. The fourth-order valence-electron chi connectivity index (χ4n) is 3.23. The van der Waals surface area contributed by atoms with E-state index in [-0.39, 0.29) is 6.03 Å². The number of benzene rings is 1. The molecular weight excluding hydrogens is 302 g/mol. The average molecular weight is 333 g/mol. The van der Waals surface area contributed by atoms with Crippen LogP contribution in [0.15, 0.2) is 24.3 Å². The van der Waals surface area contributed by atoms with Crippen molar-refractivity contribution in [2.24, 2.45) is 0 Å². The molecule has 5 nitrogen and oxygen atoms in total. The highest BCUT2D eigenvalue weighted by Crippen LogP contribution is 2.15. The predicted octanol–water partition coefficient (Wildman–Crippen LogP) is 2.75. The van der Waals surface area contributed by atoms with Gasteiger partial charge in [-0.25, -0.2) is 4.79 Å². The summed E-state index contributed by atoms with van der Waals surface area (Å²) in [7, 11) is 5.93. The van der Waals surface area contributed by atoms with Crippen LogP contribution >= 0.6 is 0 Å². The summed E-state index contributed by atoms with van der Waals surface area (Å²) >= 11 is 0. The lowest BCUT2D eigenvalue weighted by atomic mass is 10.1. The number of methoxy groups -OCH3 is 1. The van der Waals surface area contributed by atoms with Gasteiger partial charge < -0.3 is 19.9 Å². The Kier molecular flexibility index (Phi) is 7.37. The van der Waals surface area contributed by atoms with Crippen molar-refractivity contribution in [3.05, 3.63) is 29.8 Å². The number of amides is 2. The van der Waals surface area contributed by atoms with Crippen molar-refractivity contribution >= 4 is 6.03 Å². The van der Waals surface area contributed by atoms with E-state index in [1.54, 1.807) is 7.11 Å². The lowest BCUT2D eigenvalue weighted by molar-refractivity contribution is 0.197. The first-order valence-electron chi connectivity index (χ1n) is 8.92. The molecule has 0 bridgehead atoms. The largest absolute Gasteiger partial charge is 0.497 e.